The highest BCUT2D eigenvalue weighted by atomic mass is 15.3. The maximum Gasteiger partial charge on any atom is 0.0346 e. The minimum atomic E-state index is 0.978. The lowest BCUT2D eigenvalue weighted by Gasteiger charge is -2.34. The Hall–Kier alpha value is -2.49. The van der Waals surface area contributed by atoms with Crippen LogP contribution in [0.2, 0.25) is 0 Å². The second-order valence-electron chi connectivity index (χ2n) is 7.49. The Balaban J connectivity index is 1.34. The molecule has 0 amide bonds. The highest BCUT2D eigenvalue weighted by Crippen LogP contribution is 2.21. The zero-order valence-electron chi connectivity index (χ0n) is 16.0. The molecule has 0 radical (unpaired) electrons. The monoisotopic (exact) mass is 357 g/mol. The van der Waals surface area contributed by atoms with E-state index >= 15 is 0 Å². The van der Waals surface area contributed by atoms with Gasteiger partial charge >= 0.3 is 0 Å². The number of piperazine rings is 1. The molecule has 138 valence electrons. The maximum atomic E-state index is 4.48. The number of nitrogens with zero attached hydrogens (tertiary/aromatic N) is 3. The second kappa shape index (κ2) is 8.47. The number of aromatic nitrogens is 1. The van der Waals surface area contributed by atoms with Crippen LogP contribution < -0.4 is 0 Å². The standard InChI is InChI=1S/C24H27N3/c1-20-7-9-23(10-8-20)24-15-22(16-25-17-24)19-27-13-11-26(12-14-27)18-21-5-3-2-4-6-21/h2-10,15-17H,11-14,18-19H2,1H3. The molecule has 0 bridgehead atoms. The lowest BCUT2D eigenvalue weighted by atomic mass is 10.0. The summed E-state index contributed by atoms with van der Waals surface area (Å²) in [5, 5.41) is 0. The summed E-state index contributed by atoms with van der Waals surface area (Å²) in [5.74, 6) is 0. The fraction of sp³-hybridized carbons (Fsp3) is 0.292. The molecule has 0 aliphatic carbocycles. The van der Waals surface area contributed by atoms with Crippen molar-refractivity contribution in [2.45, 2.75) is 20.0 Å². The van der Waals surface area contributed by atoms with Gasteiger partial charge in [0.15, 0.2) is 0 Å². The zero-order chi connectivity index (χ0) is 18.5. The van der Waals surface area contributed by atoms with Crippen molar-refractivity contribution in [3.63, 3.8) is 0 Å². The summed E-state index contributed by atoms with van der Waals surface area (Å²) in [5.41, 5.74) is 6.43. The van der Waals surface area contributed by atoms with Crippen LogP contribution in [-0.4, -0.2) is 41.0 Å². The summed E-state index contributed by atoms with van der Waals surface area (Å²) in [4.78, 5) is 9.57. The SMILES string of the molecule is Cc1ccc(-c2cncc(CN3CCN(Cc4ccccc4)CC3)c2)cc1. The third-order valence-corrected chi connectivity index (χ3v) is 5.30. The van der Waals surface area contributed by atoms with Crippen molar-refractivity contribution in [1.29, 1.82) is 0 Å². The van der Waals surface area contributed by atoms with E-state index in [0.29, 0.717) is 0 Å². The molecule has 1 aliphatic rings. The van der Waals surface area contributed by atoms with E-state index in [-0.39, 0.29) is 0 Å². The summed E-state index contributed by atoms with van der Waals surface area (Å²) in [6.45, 7) is 8.63. The number of aryl methyl sites for hydroxylation is 1. The Morgan fingerprint density at radius 3 is 2.00 bits per heavy atom. The zero-order valence-corrected chi connectivity index (χ0v) is 16.0. The summed E-state index contributed by atoms with van der Waals surface area (Å²) in [6.07, 6.45) is 3.97. The first kappa shape index (κ1) is 17.9. The van der Waals surface area contributed by atoms with E-state index in [1.165, 1.54) is 27.8 Å². The van der Waals surface area contributed by atoms with Gasteiger partial charge in [-0.05, 0) is 29.7 Å². The number of pyridine rings is 1. The number of hydrogen-bond donors (Lipinski definition) is 0. The van der Waals surface area contributed by atoms with Crippen LogP contribution in [0.5, 0.6) is 0 Å². The highest BCUT2D eigenvalue weighted by molar-refractivity contribution is 5.63. The average Bonchev–Trinajstić information content (AvgIpc) is 2.71. The highest BCUT2D eigenvalue weighted by Gasteiger charge is 2.17. The predicted octanol–water partition coefficient (Wildman–Crippen LogP) is 4.37. The Kier molecular flexibility index (Phi) is 5.61. The van der Waals surface area contributed by atoms with Crippen molar-refractivity contribution < 1.29 is 0 Å². The second-order valence-corrected chi connectivity index (χ2v) is 7.49. The Morgan fingerprint density at radius 1 is 0.704 bits per heavy atom. The van der Waals surface area contributed by atoms with Gasteiger partial charge in [0, 0.05) is 57.2 Å². The van der Waals surface area contributed by atoms with Gasteiger partial charge in [0.2, 0.25) is 0 Å². The van der Waals surface area contributed by atoms with E-state index in [1.54, 1.807) is 0 Å². The fourth-order valence-corrected chi connectivity index (χ4v) is 3.68. The van der Waals surface area contributed by atoms with Crippen LogP contribution in [0.15, 0.2) is 73.1 Å². The molecule has 1 aliphatic heterocycles. The van der Waals surface area contributed by atoms with Crippen molar-refractivity contribution >= 4 is 0 Å². The van der Waals surface area contributed by atoms with Crippen molar-refractivity contribution in [2.75, 3.05) is 26.2 Å². The number of benzene rings is 2. The quantitative estimate of drug-likeness (QED) is 0.676. The van der Waals surface area contributed by atoms with Crippen LogP contribution in [0, 0.1) is 6.92 Å². The average molecular weight is 358 g/mol. The first-order valence-electron chi connectivity index (χ1n) is 9.76. The van der Waals surface area contributed by atoms with Gasteiger partial charge in [-0.1, -0.05) is 60.2 Å². The fourth-order valence-electron chi connectivity index (χ4n) is 3.68. The van der Waals surface area contributed by atoms with Crippen LogP contribution in [0.25, 0.3) is 11.1 Å². The van der Waals surface area contributed by atoms with E-state index in [2.05, 4.69) is 82.4 Å². The molecule has 1 saturated heterocycles. The molecule has 1 aromatic heterocycles. The van der Waals surface area contributed by atoms with Crippen molar-refractivity contribution in [3.8, 4) is 11.1 Å². The normalized spacial score (nSPS) is 15.7. The van der Waals surface area contributed by atoms with E-state index < -0.39 is 0 Å². The molecule has 0 unspecified atom stereocenters. The number of rotatable bonds is 5. The molecular weight excluding hydrogens is 330 g/mol. The summed E-state index contributed by atoms with van der Waals surface area (Å²) in [7, 11) is 0. The number of hydrogen-bond acceptors (Lipinski definition) is 3. The third-order valence-electron chi connectivity index (χ3n) is 5.30. The van der Waals surface area contributed by atoms with E-state index in [9.17, 15) is 0 Å². The van der Waals surface area contributed by atoms with E-state index in [1.807, 2.05) is 12.4 Å². The van der Waals surface area contributed by atoms with Gasteiger partial charge in [-0.2, -0.15) is 0 Å². The smallest absolute Gasteiger partial charge is 0.0346 e. The lowest BCUT2D eigenvalue weighted by molar-refractivity contribution is 0.122. The largest absolute Gasteiger partial charge is 0.297 e. The minimum Gasteiger partial charge on any atom is -0.297 e. The van der Waals surface area contributed by atoms with Gasteiger partial charge < -0.3 is 0 Å². The molecule has 0 atom stereocenters. The van der Waals surface area contributed by atoms with Gasteiger partial charge in [-0.3, -0.25) is 14.8 Å². The van der Waals surface area contributed by atoms with Gasteiger partial charge in [-0.25, -0.2) is 0 Å². The van der Waals surface area contributed by atoms with Gasteiger partial charge in [0.25, 0.3) is 0 Å². The minimum absolute atomic E-state index is 0.978. The molecule has 3 aromatic rings. The molecule has 0 N–H and O–H groups in total. The molecule has 0 spiro atoms. The first-order chi connectivity index (χ1) is 13.3. The van der Waals surface area contributed by atoms with Crippen LogP contribution in [0.1, 0.15) is 16.7 Å². The van der Waals surface area contributed by atoms with E-state index in [4.69, 9.17) is 0 Å². The Bertz CT molecular complexity index is 850. The molecule has 0 saturated carbocycles. The molecule has 4 rings (SSSR count). The summed E-state index contributed by atoms with van der Waals surface area (Å²) >= 11 is 0. The van der Waals surface area contributed by atoms with Crippen molar-refractivity contribution in [3.05, 3.63) is 89.7 Å². The molecule has 27 heavy (non-hydrogen) atoms. The molecule has 1 fully saturated rings. The molecular formula is C24H27N3. The van der Waals surface area contributed by atoms with Gasteiger partial charge in [-0.15, -0.1) is 0 Å². The Morgan fingerprint density at radius 2 is 1.33 bits per heavy atom. The molecule has 2 aromatic carbocycles. The van der Waals surface area contributed by atoms with Crippen LogP contribution in [0.4, 0.5) is 0 Å². The van der Waals surface area contributed by atoms with Gasteiger partial charge in [0.1, 0.15) is 0 Å². The third kappa shape index (κ3) is 4.82. The van der Waals surface area contributed by atoms with E-state index in [0.717, 1.165) is 39.3 Å². The summed E-state index contributed by atoms with van der Waals surface area (Å²) < 4.78 is 0. The van der Waals surface area contributed by atoms with Crippen LogP contribution in [-0.2, 0) is 13.1 Å². The lowest BCUT2D eigenvalue weighted by Crippen LogP contribution is -2.45. The first-order valence-corrected chi connectivity index (χ1v) is 9.76. The molecule has 3 heteroatoms. The van der Waals surface area contributed by atoms with Crippen molar-refractivity contribution in [1.82, 2.24) is 14.8 Å². The Labute approximate surface area is 162 Å². The van der Waals surface area contributed by atoms with Crippen molar-refractivity contribution in [2.24, 2.45) is 0 Å². The van der Waals surface area contributed by atoms with Crippen LogP contribution in [0.3, 0.4) is 0 Å². The predicted molar refractivity (Wildman–Crippen MR) is 111 cm³/mol. The van der Waals surface area contributed by atoms with Gasteiger partial charge in [0.05, 0.1) is 0 Å². The van der Waals surface area contributed by atoms with Crippen LogP contribution >= 0.6 is 0 Å². The summed E-state index contributed by atoms with van der Waals surface area (Å²) in [6, 6.07) is 21.7. The maximum absolute atomic E-state index is 4.48. The molecule has 2 heterocycles. The molecule has 3 nitrogen and oxygen atoms in total. The topological polar surface area (TPSA) is 19.4 Å².